The molecule has 3 aliphatic heterocycles. The number of hydrogen-bond donors (Lipinski definition) is 0. The van der Waals surface area contributed by atoms with Gasteiger partial charge in [0.15, 0.2) is 6.10 Å². The smallest absolute Gasteiger partial charge is 0.424 e. The van der Waals surface area contributed by atoms with Crippen molar-refractivity contribution in [3.8, 4) is 16.9 Å². The molecule has 32 heavy (non-hydrogen) atoms. The molecule has 0 unspecified atom stereocenters. The normalized spacial score (nSPS) is 24.1. The molecular weight excluding hydrogens is 422 g/mol. The minimum atomic E-state index is -0.671. The maximum absolute atomic E-state index is 12.8. The Morgan fingerprint density at radius 1 is 0.938 bits per heavy atom. The number of fused-ring (bicyclic) bond motifs is 3. The molecule has 0 N–H and O–H groups in total. The van der Waals surface area contributed by atoms with Crippen LogP contribution < -0.4 is 4.74 Å². The minimum absolute atomic E-state index is 0.179. The van der Waals surface area contributed by atoms with Crippen molar-refractivity contribution in [2.75, 3.05) is 26.2 Å². The Balaban J connectivity index is 1.26. The maximum atomic E-state index is 12.8. The van der Waals surface area contributed by atoms with Gasteiger partial charge in [-0.25, -0.2) is 4.79 Å². The molecule has 164 valence electrons. The van der Waals surface area contributed by atoms with Crippen LogP contribution in [0.5, 0.6) is 5.75 Å². The number of Topliss-reactive ketones (excluding diaryl/α,β-unsaturated/α-hetero) is 1. The Kier molecular flexibility index (Phi) is 5.81. The molecule has 5 nitrogen and oxygen atoms in total. The molecule has 3 aromatic rings. The fourth-order valence-corrected chi connectivity index (χ4v) is 5.70. The maximum Gasteiger partial charge on any atom is 0.514 e. The van der Waals surface area contributed by atoms with Gasteiger partial charge in [-0.1, -0.05) is 54.6 Å². The molecule has 3 aliphatic rings. The van der Waals surface area contributed by atoms with Crippen molar-refractivity contribution < 1.29 is 23.5 Å². The van der Waals surface area contributed by atoms with Gasteiger partial charge in [-0.3, -0.25) is 4.79 Å². The molecule has 2 aromatic carbocycles. The van der Waals surface area contributed by atoms with Gasteiger partial charge in [0.25, 0.3) is 0 Å². The van der Waals surface area contributed by atoms with E-state index in [0.29, 0.717) is 29.2 Å². The first-order valence-corrected chi connectivity index (χ1v) is 11.9. The van der Waals surface area contributed by atoms with Crippen LogP contribution in [0, 0.1) is 5.92 Å². The van der Waals surface area contributed by atoms with Gasteiger partial charge in [0.05, 0.1) is 18.0 Å². The molecule has 3 fully saturated rings. The van der Waals surface area contributed by atoms with Crippen LogP contribution in [0.4, 0.5) is 4.79 Å². The third-order valence-electron chi connectivity index (χ3n) is 6.73. The standard InChI is InChI=1S/C26H26NO4S/c28-22(25-11-6-16-32-25)17-27-14-12-20(13-15-27)24(18-27)31-26(29)30-23-10-5-4-9-21(23)19-7-2-1-3-8-19/h1-11,16,20,24H,12-15,17-18H2/q+1/t20?,24-,27?/m0/s1. The zero-order valence-electron chi connectivity index (χ0n) is 17.8. The van der Waals surface area contributed by atoms with Crippen molar-refractivity contribution in [1.82, 2.24) is 0 Å². The summed E-state index contributed by atoms with van der Waals surface area (Å²) in [6, 6.07) is 21.1. The van der Waals surface area contributed by atoms with Crippen LogP contribution in [-0.4, -0.2) is 48.7 Å². The van der Waals surface area contributed by atoms with E-state index in [1.165, 1.54) is 11.3 Å². The molecule has 0 saturated carbocycles. The lowest BCUT2D eigenvalue weighted by atomic mass is 9.83. The molecule has 4 heterocycles. The van der Waals surface area contributed by atoms with Crippen LogP contribution in [0.1, 0.15) is 22.5 Å². The van der Waals surface area contributed by atoms with Crippen LogP contribution in [-0.2, 0) is 4.74 Å². The quantitative estimate of drug-likeness (QED) is 0.219. The molecule has 0 amide bonds. The fraction of sp³-hybridized carbons (Fsp3) is 0.308. The zero-order valence-corrected chi connectivity index (χ0v) is 18.6. The second kappa shape index (κ2) is 8.88. The number of nitrogens with zero attached hydrogens (tertiary/aromatic N) is 1. The summed E-state index contributed by atoms with van der Waals surface area (Å²) in [7, 11) is 0. The van der Waals surface area contributed by atoms with E-state index in [0.717, 1.165) is 41.9 Å². The van der Waals surface area contributed by atoms with Gasteiger partial charge < -0.3 is 14.0 Å². The molecule has 0 spiro atoms. The first-order valence-electron chi connectivity index (χ1n) is 11.1. The first kappa shape index (κ1) is 20.9. The predicted molar refractivity (Wildman–Crippen MR) is 124 cm³/mol. The summed E-state index contributed by atoms with van der Waals surface area (Å²) < 4.78 is 12.2. The number of quaternary nitrogens is 1. The van der Waals surface area contributed by atoms with Crippen molar-refractivity contribution in [3.63, 3.8) is 0 Å². The second-order valence-electron chi connectivity index (χ2n) is 8.74. The molecule has 6 heteroatoms. The number of ketones is 1. The van der Waals surface area contributed by atoms with E-state index in [9.17, 15) is 9.59 Å². The van der Waals surface area contributed by atoms with Gasteiger partial charge in [-0.05, 0) is 23.1 Å². The highest BCUT2D eigenvalue weighted by Gasteiger charge is 2.48. The molecule has 1 aromatic heterocycles. The average molecular weight is 449 g/mol. The molecule has 0 aliphatic carbocycles. The number of piperidine rings is 3. The predicted octanol–water partition coefficient (Wildman–Crippen LogP) is 5.42. The third kappa shape index (κ3) is 4.33. The summed E-state index contributed by atoms with van der Waals surface area (Å²) in [6.45, 7) is 3.08. The Labute approximate surface area is 191 Å². The fourth-order valence-electron chi connectivity index (χ4n) is 5.05. The highest BCUT2D eigenvalue weighted by Crippen LogP contribution is 2.36. The van der Waals surface area contributed by atoms with Crippen LogP contribution in [0.15, 0.2) is 72.1 Å². The molecular formula is C26H26NO4S+. The van der Waals surface area contributed by atoms with Gasteiger partial charge in [0, 0.05) is 24.3 Å². The number of hydrogen-bond acceptors (Lipinski definition) is 5. The van der Waals surface area contributed by atoms with Crippen molar-refractivity contribution in [3.05, 3.63) is 77.0 Å². The van der Waals surface area contributed by atoms with Gasteiger partial charge in [0.1, 0.15) is 18.8 Å². The van der Waals surface area contributed by atoms with E-state index in [1.807, 2.05) is 66.0 Å². The van der Waals surface area contributed by atoms with Crippen LogP contribution in [0.25, 0.3) is 11.1 Å². The molecule has 1 atom stereocenters. The minimum Gasteiger partial charge on any atom is -0.424 e. The molecule has 3 saturated heterocycles. The number of carbonyl (C=O) groups excluding carboxylic acids is 2. The highest BCUT2D eigenvalue weighted by atomic mass is 32.1. The molecule has 0 radical (unpaired) electrons. The number of carbonyl (C=O) groups is 2. The van der Waals surface area contributed by atoms with Gasteiger partial charge in [-0.15, -0.1) is 11.3 Å². The number of benzene rings is 2. The largest absolute Gasteiger partial charge is 0.514 e. The topological polar surface area (TPSA) is 52.6 Å². The van der Waals surface area contributed by atoms with E-state index in [1.54, 1.807) is 6.07 Å². The van der Waals surface area contributed by atoms with E-state index >= 15 is 0 Å². The monoisotopic (exact) mass is 448 g/mol. The third-order valence-corrected chi connectivity index (χ3v) is 7.64. The summed E-state index contributed by atoms with van der Waals surface area (Å²) in [4.78, 5) is 26.3. The van der Waals surface area contributed by atoms with Crippen molar-refractivity contribution in [2.24, 2.45) is 5.92 Å². The Morgan fingerprint density at radius 2 is 1.69 bits per heavy atom. The number of ether oxygens (including phenoxy) is 2. The second-order valence-corrected chi connectivity index (χ2v) is 9.69. The number of para-hydroxylation sites is 1. The van der Waals surface area contributed by atoms with Gasteiger partial charge in [0.2, 0.25) is 5.78 Å². The van der Waals surface area contributed by atoms with Crippen LogP contribution >= 0.6 is 11.3 Å². The summed E-state index contributed by atoms with van der Waals surface area (Å²) in [5.74, 6) is 1.00. The number of thiophene rings is 1. The summed E-state index contributed by atoms with van der Waals surface area (Å²) in [5.41, 5.74) is 1.83. The van der Waals surface area contributed by atoms with Crippen molar-refractivity contribution in [1.29, 1.82) is 0 Å². The SMILES string of the molecule is O=C(Oc1ccccc1-c1ccccc1)O[C@H]1C[N+]2(CC(=O)c3cccs3)CCC1CC2. The van der Waals surface area contributed by atoms with E-state index in [-0.39, 0.29) is 11.9 Å². The Hall–Kier alpha value is -2.96. The number of rotatable bonds is 6. The zero-order chi connectivity index (χ0) is 22.0. The van der Waals surface area contributed by atoms with Crippen LogP contribution in [0.2, 0.25) is 0 Å². The molecule has 6 rings (SSSR count). The highest BCUT2D eigenvalue weighted by molar-refractivity contribution is 7.12. The van der Waals surface area contributed by atoms with Crippen LogP contribution in [0.3, 0.4) is 0 Å². The van der Waals surface area contributed by atoms with E-state index < -0.39 is 6.16 Å². The van der Waals surface area contributed by atoms with Gasteiger partial charge >= 0.3 is 6.16 Å². The van der Waals surface area contributed by atoms with Gasteiger partial charge in [-0.2, -0.15) is 0 Å². The lowest BCUT2D eigenvalue weighted by Crippen LogP contribution is -2.65. The Morgan fingerprint density at radius 3 is 2.44 bits per heavy atom. The summed E-state index contributed by atoms with van der Waals surface area (Å²) >= 11 is 1.49. The van der Waals surface area contributed by atoms with E-state index in [2.05, 4.69) is 0 Å². The van der Waals surface area contributed by atoms with Crippen molar-refractivity contribution in [2.45, 2.75) is 18.9 Å². The average Bonchev–Trinajstić information content (AvgIpc) is 3.36. The van der Waals surface area contributed by atoms with Crippen molar-refractivity contribution >= 4 is 23.3 Å². The summed E-state index contributed by atoms with van der Waals surface area (Å²) in [6.07, 6.45) is 1.05. The summed E-state index contributed by atoms with van der Waals surface area (Å²) in [5, 5.41) is 1.94. The lowest BCUT2D eigenvalue weighted by Gasteiger charge is -2.51. The van der Waals surface area contributed by atoms with E-state index in [4.69, 9.17) is 9.47 Å². The Bertz CT molecular complexity index is 1090. The lowest BCUT2D eigenvalue weighted by molar-refractivity contribution is -0.938. The molecule has 2 bridgehead atoms. The first-order chi connectivity index (χ1) is 15.6.